The van der Waals surface area contributed by atoms with Gasteiger partial charge in [0.05, 0.1) is 21.4 Å². The number of amides is 1. The zero-order valence-electron chi connectivity index (χ0n) is 21.0. The van der Waals surface area contributed by atoms with Crippen molar-refractivity contribution in [3.8, 4) is 0 Å². The van der Waals surface area contributed by atoms with Gasteiger partial charge >= 0.3 is 12.4 Å². The molecule has 0 bridgehead atoms. The van der Waals surface area contributed by atoms with Crippen LogP contribution in [0.2, 0.25) is 10.0 Å². The lowest BCUT2D eigenvalue weighted by molar-refractivity contribution is -0.143. The maximum Gasteiger partial charge on any atom is 0.405 e. The molecule has 40 heavy (non-hydrogen) atoms. The predicted octanol–water partition coefficient (Wildman–Crippen LogP) is 8.92. The quantitative estimate of drug-likeness (QED) is 0.158. The average Bonchev–Trinajstić information content (AvgIpc) is 2.84. The summed E-state index contributed by atoms with van der Waals surface area (Å²) in [6.45, 7) is 1.13. The van der Waals surface area contributed by atoms with Gasteiger partial charge < -0.3 is 5.32 Å². The first-order chi connectivity index (χ1) is 18.4. The summed E-state index contributed by atoms with van der Waals surface area (Å²) < 4.78 is 93.0. The second kappa shape index (κ2) is 11.8. The van der Waals surface area contributed by atoms with E-state index in [1.54, 1.807) is 29.6 Å². The summed E-state index contributed by atoms with van der Waals surface area (Å²) in [6, 6.07) is 10.9. The molecule has 3 aromatic rings. The lowest BCUT2D eigenvalue weighted by Gasteiger charge is -2.23. The molecule has 3 nitrogen and oxygen atoms in total. The Morgan fingerprint density at radius 1 is 0.925 bits per heavy atom. The van der Waals surface area contributed by atoms with Gasteiger partial charge in [0, 0.05) is 12.0 Å². The predicted molar refractivity (Wildman–Crippen MR) is 140 cm³/mol. The zero-order valence-corrected chi connectivity index (χ0v) is 22.5. The second-order valence-corrected chi connectivity index (χ2v) is 10.5. The minimum absolute atomic E-state index is 0.147. The monoisotopic (exact) mass is 607 g/mol. The Kier molecular flexibility index (Phi) is 9.26. The maximum absolute atomic E-state index is 13.9. The fraction of sp³-hybridized carbons (Fsp3) is 0.286. The highest BCUT2D eigenvalue weighted by Crippen LogP contribution is 2.40. The van der Waals surface area contributed by atoms with Crippen molar-refractivity contribution >= 4 is 51.7 Å². The van der Waals surface area contributed by atoms with Crippen LogP contribution in [0.15, 0.2) is 54.6 Å². The van der Waals surface area contributed by atoms with Crippen molar-refractivity contribution < 1.29 is 40.3 Å². The van der Waals surface area contributed by atoms with E-state index in [2.05, 4.69) is 0 Å². The molecule has 1 N–H and O–H groups in total. The van der Waals surface area contributed by atoms with Crippen LogP contribution in [-0.2, 0) is 4.79 Å². The van der Waals surface area contributed by atoms with Crippen LogP contribution < -0.4 is 5.32 Å². The number of allylic oxidation sites excluding steroid dienone is 1. The largest absolute Gasteiger partial charge is 0.405 e. The molecule has 3 aromatic carbocycles. The summed E-state index contributed by atoms with van der Waals surface area (Å²) >= 11 is 11.4. The van der Waals surface area contributed by atoms with Crippen LogP contribution in [-0.4, -0.2) is 30.6 Å². The summed E-state index contributed by atoms with van der Waals surface area (Å²) in [5.41, 5.74) is -1.38. The summed E-state index contributed by atoms with van der Waals surface area (Å²) in [5, 5.41) is 1.44. The standard InChI is InChI=1S/C28H22Cl2F7NO2/c1-26(2,25(40)38-14-27(32,33)34)13-23(39)19-9-7-15(17-5-3-4-6-18(17)19)8-10-20(28(35,36)37)16-11-21(29)24(31)22(30)12-16/h3-12,20H,13-14H2,1-2H3,(H,38,40)/b10-8+. The van der Waals surface area contributed by atoms with Gasteiger partial charge in [-0.15, -0.1) is 0 Å². The van der Waals surface area contributed by atoms with E-state index in [4.69, 9.17) is 23.2 Å². The van der Waals surface area contributed by atoms with Crippen LogP contribution in [0.25, 0.3) is 16.8 Å². The first-order valence-corrected chi connectivity index (χ1v) is 12.5. The fourth-order valence-electron chi connectivity index (χ4n) is 4.07. The van der Waals surface area contributed by atoms with E-state index in [9.17, 15) is 40.3 Å². The number of ketones is 1. The Bertz CT molecular complexity index is 1440. The van der Waals surface area contributed by atoms with Crippen molar-refractivity contribution in [1.82, 2.24) is 5.32 Å². The van der Waals surface area contributed by atoms with Crippen molar-refractivity contribution in [1.29, 1.82) is 0 Å². The molecule has 0 aromatic heterocycles. The first kappa shape index (κ1) is 31.4. The van der Waals surface area contributed by atoms with Gasteiger partial charge in [-0.25, -0.2) is 4.39 Å². The molecule has 0 aliphatic carbocycles. The number of nitrogens with one attached hydrogen (secondary N) is 1. The molecule has 0 heterocycles. The van der Waals surface area contributed by atoms with Gasteiger partial charge in [0.2, 0.25) is 5.91 Å². The SMILES string of the molecule is CC(C)(CC(=O)c1ccc(/C=C/C(c2cc(Cl)c(F)c(Cl)c2)C(F)(F)F)c2ccccc12)C(=O)NCC(F)(F)F. The smallest absolute Gasteiger partial charge is 0.347 e. The van der Waals surface area contributed by atoms with Crippen LogP contribution in [0.3, 0.4) is 0 Å². The first-order valence-electron chi connectivity index (χ1n) is 11.7. The molecule has 1 unspecified atom stereocenters. The van der Waals surface area contributed by atoms with E-state index in [0.29, 0.717) is 16.3 Å². The number of carbonyl (C=O) groups excluding carboxylic acids is 2. The van der Waals surface area contributed by atoms with Crippen molar-refractivity contribution in [2.75, 3.05) is 6.54 Å². The van der Waals surface area contributed by atoms with Gasteiger partial charge in [-0.2, -0.15) is 26.3 Å². The summed E-state index contributed by atoms with van der Waals surface area (Å²) in [6.07, 6.45) is -7.75. The average molecular weight is 608 g/mol. The summed E-state index contributed by atoms with van der Waals surface area (Å²) in [7, 11) is 0. The molecule has 0 saturated carbocycles. The van der Waals surface area contributed by atoms with E-state index in [-0.39, 0.29) is 11.1 Å². The Morgan fingerprint density at radius 3 is 2.05 bits per heavy atom. The number of benzene rings is 3. The molecule has 214 valence electrons. The highest BCUT2D eigenvalue weighted by atomic mass is 35.5. The Balaban J connectivity index is 1.95. The van der Waals surface area contributed by atoms with E-state index in [1.165, 1.54) is 32.1 Å². The van der Waals surface area contributed by atoms with E-state index < -0.39 is 64.2 Å². The second-order valence-electron chi connectivity index (χ2n) is 9.71. The zero-order chi connectivity index (χ0) is 30.0. The molecule has 0 spiro atoms. The third-order valence-corrected chi connectivity index (χ3v) is 6.66. The van der Waals surface area contributed by atoms with Gasteiger partial charge in [-0.1, -0.05) is 85.6 Å². The van der Waals surface area contributed by atoms with Gasteiger partial charge in [0.15, 0.2) is 11.6 Å². The molecule has 3 rings (SSSR count). The number of rotatable bonds is 8. The minimum atomic E-state index is -4.77. The molecule has 0 aliphatic rings. The molecule has 0 radical (unpaired) electrons. The maximum atomic E-state index is 13.9. The Morgan fingerprint density at radius 2 is 1.50 bits per heavy atom. The number of fused-ring (bicyclic) bond motifs is 1. The molecule has 1 atom stereocenters. The van der Waals surface area contributed by atoms with Crippen molar-refractivity contribution in [2.24, 2.45) is 5.41 Å². The van der Waals surface area contributed by atoms with Gasteiger partial charge in [-0.05, 0) is 34.0 Å². The van der Waals surface area contributed by atoms with Crippen molar-refractivity contribution in [2.45, 2.75) is 38.5 Å². The topological polar surface area (TPSA) is 46.2 Å². The van der Waals surface area contributed by atoms with Gasteiger partial charge in [0.1, 0.15) is 6.54 Å². The third-order valence-electron chi connectivity index (χ3n) is 6.11. The van der Waals surface area contributed by atoms with Crippen LogP contribution in [0, 0.1) is 11.2 Å². The number of hydrogen-bond donors (Lipinski definition) is 1. The van der Waals surface area contributed by atoms with E-state index in [0.717, 1.165) is 18.2 Å². The highest BCUT2D eigenvalue weighted by molar-refractivity contribution is 6.35. The molecule has 0 fully saturated rings. The van der Waals surface area contributed by atoms with Crippen LogP contribution in [0.5, 0.6) is 0 Å². The lowest BCUT2D eigenvalue weighted by Crippen LogP contribution is -2.42. The van der Waals surface area contributed by atoms with Gasteiger partial charge in [-0.3, -0.25) is 9.59 Å². The van der Waals surface area contributed by atoms with Crippen molar-refractivity contribution in [3.05, 3.63) is 87.2 Å². The number of alkyl halides is 6. The molecule has 1 amide bonds. The number of Topliss-reactive ketones (excluding diaryl/α,β-unsaturated/α-hetero) is 1. The minimum Gasteiger partial charge on any atom is -0.347 e. The number of carbonyl (C=O) groups is 2. The summed E-state index contributed by atoms with van der Waals surface area (Å²) in [4.78, 5) is 25.4. The molecular weight excluding hydrogens is 586 g/mol. The van der Waals surface area contributed by atoms with Crippen molar-refractivity contribution in [3.63, 3.8) is 0 Å². The van der Waals surface area contributed by atoms with E-state index in [1.807, 2.05) is 0 Å². The Labute approximate surface area is 234 Å². The normalized spacial score (nSPS) is 13.6. The van der Waals surface area contributed by atoms with Crippen LogP contribution in [0.1, 0.15) is 47.7 Å². The third kappa shape index (κ3) is 7.54. The molecule has 0 aliphatic heterocycles. The van der Waals surface area contributed by atoms with Gasteiger partial charge in [0.25, 0.3) is 0 Å². The highest BCUT2D eigenvalue weighted by Gasteiger charge is 2.39. The van der Waals surface area contributed by atoms with E-state index >= 15 is 0 Å². The van der Waals surface area contributed by atoms with Crippen LogP contribution in [0.4, 0.5) is 30.7 Å². The lowest BCUT2D eigenvalue weighted by atomic mass is 9.83. The fourth-order valence-corrected chi connectivity index (χ4v) is 4.58. The number of hydrogen-bond acceptors (Lipinski definition) is 2. The Hall–Kier alpha value is -3.11. The molecule has 12 heteroatoms. The number of halogens is 9. The summed E-state index contributed by atoms with van der Waals surface area (Å²) in [5.74, 6) is -4.72. The molecular formula is C28H22Cl2F7NO2. The van der Waals surface area contributed by atoms with Crippen LogP contribution >= 0.6 is 23.2 Å². The molecule has 0 saturated heterocycles.